The van der Waals surface area contributed by atoms with Crippen LogP contribution in [0.15, 0.2) is 30.3 Å². The molecule has 1 fully saturated rings. The summed E-state index contributed by atoms with van der Waals surface area (Å²) in [5.74, 6) is 0.110. The van der Waals surface area contributed by atoms with Crippen molar-refractivity contribution in [3.05, 3.63) is 35.9 Å². The van der Waals surface area contributed by atoms with Crippen LogP contribution in [0.5, 0.6) is 0 Å². The first kappa shape index (κ1) is 12.1. The summed E-state index contributed by atoms with van der Waals surface area (Å²) in [5.41, 5.74) is 6.13. The average Bonchev–Trinajstić information content (AvgIpc) is 3.11. The molecule has 17 heavy (non-hydrogen) atoms. The second kappa shape index (κ2) is 4.15. The van der Waals surface area contributed by atoms with Crippen molar-refractivity contribution in [1.82, 2.24) is 5.32 Å². The molecule has 1 aliphatic carbocycles. The van der Waals surface area contributed by atoms with Gasteiger partial charge < -0.3 is 11.1 Å². The molecule has 1 amide bonds. The van der Waals surface area contributed by atoms with Crippen LogP contribution in [-0.4, -0.2) is 18.0 Å². The van der Waals surface area contributed by atoms with Crippen LogP contribution in [0.1, 0.15) is 32.3 Å². The maximum Gasteiger partial charge on any atom is 0.231 e. The predicted octanol–water partition coefficient (Wildman–Crippen LogP) is 1.57. The first-order valence-corrected chi connectivity index (χ1v) is 6.08. The van der Waals surface area contributed by atoms with Crippen molar-refractivity contribution in [2.24, 2.45) is 5.73 Å². The molecule has 0 aliphatic heterocycles. The molecule has 0 bridgehead atoms. The first-order chi connectivity index (χ1) is 8.00. The Labute approximate surface area is 102 Å². The van der Waals surface area contributed by atoms with Gasteiger partial charge in [0.05, 0.1) is 5.41 Å². The Hall–Kier alpha value is -1.35. The molecule has 0 aromatic heterocycles. The van der Waals surface area contributed by atoms with Gasteiger partial charge in [-0.15, -0.1) is 0 Å². The largest absolute Gasteiger partial charge is 0.349 e. The molecule has 1 aliphatic rings. The third-order valence-corrected chi connectivity index (χ3v) is 3.47. The van der Waals surface area contributed by atoms with Gasteiger partial charge in [0.2, 0.25) is 5.91 Å². The van der Waals surface area contributed by atoms with E-state index in [1.54, 1.807) is 0 Å². The normalized spacial score (nSPS) is 17.6. The standard InChI is InChI=1S/C14H20N2O/c1-13(2,10-15)16-12(17)14(8-9-14)11-6-4-3-5-7-11/h3-7H,8-10,15H2,1-2H3,(H,16,17). The molecule has 92 valence electrons. The van der Waals surface area contributed by atoms with Gasteiger partial charge in [-0.3, -0.25) is 4.79 Å². The SMILES string of the molecule is CC(C)(CN)NC(=O)C1(c2ccccc2)CC1. The van der Waals surface area contributed by atoms with E-state index in [9.17, 15) is 4.79 Å². The highest BCUT2D eigenvalue weighted by atomic mass is 16.2. The number of carbonyl (C=O) groups is 1. The van der Waals surface area contributed by atoms with Gasteiger partial charge >= 0.3 is 0 Å². The molecular weight excluding hydrogens is 212 g/mol. The van der Waals surface area contributed by atoms with Crippen molar-refractivity contribution in [1.29, 1.82) is 0 Å². The van der Waals surface area contributed by atoms with E-state index < -0.39 is 0 Å². The summed E-state index contributed by atoms with van der Waals surface area (Å²) in [5, 5.41) is 3.04. The fourth-order valence-electron chi connectivity index (χ4n) is 2.01. The molecule has 0 saturated heterocycles. The fourth-order valence-corrected chi connectivity index (χ4v) is 2.01. The molecule has 3 nitrogen and oxygen atoms in total. The number of hydrogen-bond acceptors (Lipinski definition) is 2. The number of hydrogen-bond donors (Lipinski definition) is 2. The van der Waals surface area contributed by atoms with Crippen LogP contribution in [0.2, 0.25) is 0 Å². The zero-order valence-electron chi connectivity index (χ0n) is 10.5. The number of amides is 1. The summed E-state index contributed by atoms with van der Waals surface area (Å²) in [4.78, 5) is 12.3. The Morgan fingerprint density at radius 1 is 1.35 bits per heavy atom. The Morgan fingerprint density at radius 3 is 2.41 bits per heavy atom. The Kier molecular flexibility index (Phi) is 2.96. The van der Waals surface area contributed by atoms with Crippen molar-refractivity contribution in [2.45, 2.75) is 37.6 Å². The number of rotatable bonds is 4. The summed E-state index contributed by atoms with van der Waals surface area (Å²) in [6.45, 7) is 4.35. The van der Waals surface area contributed by atoms with Crippen molar-refractivity contribution in [2.75, 3.05) is 6.54 Å². The molecule has 0 unspecified atom stereocenters. The number of nitrogens with two attached hydrogens (primary N) is 1. The monoisotopic (exact) mass is 232 g/mol. The molecule has 1 saturated carbocycles. The van der Waals surface area contributed by atoms with Gasteiger partial charge in [-0.1, -0.05) is 30.3 Å². The number of benzene rings is 1. The third-order valence-electron chi connectivity index (χ3n) is 3.47. The second-order valence-electron chi connectivity index (χ2n) is 5.49. The van der Waals surface area contributed by atoms with Crippen molar-refractivity contribution >= 4 is 5.91 Å². The van der Waals surface area contributed by atoms with E-state index in [0.717, 1.165) is 18.4 Å². The van der Waals surface area contributed by atoms with Gasteiger partial charge in [0.1, 0.15) is 0 Å². The summed E-state index contributed by atoms with van der Waals surface area (Å²) in [6.07, 6.45) is 1.87. The van der Waals surface area contributed by atoms with Crippen molar-refractivity contribution in [3.63, 3.8) is 0 Å². The molecule has 0 spiro atoms. The summed E-state index contributed by atoms with van der Waals surface area (Å²) in [7, 11) is 0. The van der Waals surface area contributed by atoms with Gasteiger partial charge in [-0.05, 0) is 32.3 Å². The summed E-state index contributed by atoms with van der Waals surface area (Å²) >= 11 is 0. The lowest BCUT2D eigenvalue weighted by Gasteiger charge is -2.27. The van der Waals surface area contributed by atoms with Gasteiger partial charge in [0, 0.05) is 12.1 Å². The van der Waals surface area contributed by atoms with Crippen LogP contribution < -0.4 is 11.1 Å². The van der Waals surface area contributed by atoms with Crippen LogP contribution in [0.3, 0.4) is 0 Å². The Bertz CT molecular complexity index is 407. The van der Waals surface area contributed by atoms with E-state index >= 15 is 0 Å². The smallest absolute Gasteiger partial charge is 0.231 e. The van der Waals surface area contributed by atoms with Gasteiger partial charge in [0.15, 0.2) is 0 Å². The zero-order valence-corrected chi connectivity index (χ0v) is 10.5. The third kappa shape index (κ3) is 2.34. The van der Waals surface area contributed by atoms with E-state index in [1.807, 2.05) is 44.2 Å². The van der Waals surface area contributed by atoms with Gasteiger partial charge in [0.25, 0.3) is 0 Å². The molecule has 0 heterocycles. The highest BCUT2D eigenvalue weighted by Gasteiger charge is 2.51. The lowest BCUT2D eigenvalue weighted by atomic mass is 9.93. The topological polar surface area (TPSA) is 55.1 Å². The summed E-state index contributed by atoms with van der Waals surface area (Å²) < 4.78 is 0. The van der Waals surface area contributed by atoms with E-state index in [0.29, 0.717) is 6.54 Å². The molecule has 1 aromatic rings. The van der Waals surface area contributed by atoms with E-state index in [2.05, 4.69) is 5.32 Å². The maximum absolute atomic E-state index is 12.3. The minimum atomic E-state index is -0.332. The average molecular weight is 232 g/mol. The number of carbonyl (C=O) groups excluding carboxylic acids is 1. The Balaban J connectivity index is 2.15. The summed E-state index contributed by atoms with van der Waals surface area (Å²) in [6, 6.07) is 10.00. The van der Waals surface area contributed by atoms with Crippen LogP contribution in [-0.2, 0) is 10.2 Å². The Morgan fingerprint density at radius 2 is 1.94 bits per heavy atom. The maximum atomic E-state index is 12.3. The highest BCUT2D eigenvalue weighted by Crippen LogP contribution is 2.48. The first-order valence-electron chi connectivity index (χ1n) is 6.08. The van der Waals surface area contributed by atoms with Crippen molar-refractivity contribution in [3.8, 4) is 0 Å². The van der Waals surface area contributed by atoms with Gasteiger partial charge in [-0.2, -0.15) is 0 Å². The van der Waals surface area contributed by atoms with Crippen LogP contribution >= 0.6 is 0 Å². The highest BCUT2D eigenvalue weighted by molar-refractivity contribution is 5.91. The zero-order chi connectivity index (χ0) is 12.5. The van der Waals surface area contributed by atoms with Crippen LogP contribution in [0, 0.1) is 0 Å². The lowest BCUT2D eigenvalue weighted by Crippen LogP contribution is -2.52. The molecular formula is C14H20N2O. The predicted molar refractivity (Wildman–Crippen MR) is 68.6 cm³/mol. The van der Waals surface area contributed by atoms with E-state index in [-0.39, 0.29) is 16.9 Å². The quantitative estimate of drug-likeness (QED) is 0.828. The van der Waals surface area contributed by atoms with Crippen molar-refractivity contribution < 1.29 is 4.79 Å². The minimum absolute atomic E-state index is 0.110. The molecule has 2 rings (SSSR count). The molecule has 1 aromatic carbocycles. The second-order valence-corrected chi connectivity index (χ2v) is 5.49. The fraction of sp³-hybridized carbons (Fsp3) is 0.500. The number of nitrogens with one attached hydrogen (secondary N) is 1. The molecule has 0 atom stereocenters. The molecule has 0 radical (unpaired) electrons. The van der Waals surface area contributed by atoms with Crippen LogP contribution in [0.25, 0.3) is 0 Å². The van der Waals surface area contributed by atoms with E-state index in [1.165, 1.54) is 0 Å². The van der Waals surface area contributed by atoms with Gasteiger partial charge in [-0.25, -0.2) is 0 Å². The lowest BCUT2D eigenvalue weighted by molar-refractivity contribution is -0.125. The van der Waals surface area contributed by atoms with Crippen LogP contribution in [0.4, 0.5) is 0 Å². The molecule has 3 N–H and O–H groups in total. The molecule has 3 heteroatoms. The minimum Gasteiger partial charge on any atom is -0.349 e. The van der Waals surface area contributed by atoms with E-state index in [4.69, 9.17) is 5.73 Å².